The molecule has 0 radical (unpaired) electrons. The van der Waals surface area contributed by atoms with E-state index in [2.05, 4.69) is 79.7 Å². The topological polar surface area (TPSA) is 442 Å². The Morgan fingerprint density at radius 3 is 1.13 bits per heavy atom. The number of likely N-dealkylation sites (tertiary alicyclic amines) is 1. The molecule has 36 heteroatoms. The van der Waals surface area contributed by atoms with Crippen molar-refractivity contribution in [1.29, 1.82) is 0 Å². The van der Waals surface area contributed by atoms with Crippen LogP contribution in [0.2, 0.25) is 0 Å². The second kappa shape index (κ2) is 92.6. The normalized spacial score (nSPS) is 13.3. The van der Waals surface area contributed by atoms with Crippen LogP contribution in [0.15, 0.2) is 113 Å². The van der Waals surface area contributed by atoms with Gasteiger partial charge in [-0.25, -0.2) is 19.2 Å². The van der Waals surface area contributed by atoms with Crippen molar-refractivity contribution in [2.24, 2.45) is 16.6 Å². The number of nitrogens with two attached hydrogens (primary N) is 1. The van der Waals surface area contributed by atoms with Crippen molar-refractivity contribution < 1.29 is 148 Å². The van der Waals surface area contributed by atoms with Gasteiger partial charge in [-0.3, -0.25) is 28.8 Å². The van der Waals surface area contributed by atoms with E-state index in [0.29, 0.717) is 215 Å². The van der Waals surface area contributed by atoms with Crippen LogP contribution in [0.3, 0.4) is 0 Å². The Kier molecular flexibility index (Phi) is 96.0. The van der Waals surface area contributed by atoms with E-state index in [4.69, 9.17) is 86.0 Å². The molecule has 5 N–H and O–H groups in total. The third kappa shape index (κ3) is 103. The molecule has 7 unspecified atom stereocenters. The summed E-state index contributed by atoms with van der Waals surface area (Å²) < 4.78 is 95.8. The van der Waals surface area contributed by atoms with Crippen LogP contribution < -0.4 is 11.1 Å². The molecule has 0 aliphatic carbocycles. The summed E-state index contributed by atoms with van der Waals surface area (Å²) >= 11 is 0. The molecule has 2 rings (SSSR count). The van der Waals surface area contributed by atoms with Gasteiger partial charge in [0.1, 0.15) is 25.1 Å². The fourth-order valence-electron chi connectivity index (χ4n) is 8.97. The van der Waals surface area contributed by atoms with Crippen molar-refractivity contribution >= 4 is 64.8 Å². The van der Waals surface area contributed by atoms with Gasteiger partial charge >= 0.3 is 23.9 Å². The van der Waals surface area contributed by atoms with Crippen molar-refractivity contribution in [3.05, 3.63) is 113 Å². The predicted molar refractivity (Wildman–Crippen MR) is 499 cm³/mol. The van der Waals surface area contributed by atoms with Crippen LogP contribution in [0.5, 0.6) is 0 Å². The maximum atomic E-state index is 11.2. The average molecular weight is 1860 g/mol. The van der Waals surface area contributed by atoms with Crippen molar-refractivity contribution in [1.82, 2.24) is 20.0 Å². The highest BCUT2D eigenvalue weighted by molar-refractivity contribution is 5.94. The van der Waals surface area contributed by atoms with Crippen molar-refractivity contribution in [2.45, 2.75) is 192 Å². The van der Waals surface area contributed by atoms with E-state index in [1.807, 2.05) is 76.2 Å². The number of primary amides is 1. The number of ether oxygens (including phenoxy) is 18. The van der Waals surface area contributed by atoms with E-state index >= 15 is 0 Å². The summed E-state index contributed by atoms with van der Waals surface area (Å²) in [5, 5.41) is 20.2. The molecule has 0 aromatic heterocycles. The van der Waals surface area contributed by atoms with Gasteiger partial charge in [0.25, 0.3) is 0 Å². The number of carbonyl (C=O) groups is 11. The van der Waals surface area contributed by atoms with Gasteiger partial charge in [0.2, 0.25) is 17.7 Å². The summed E-state index contributed by atoms with van der Waals surface area (Å²) in [7, 11) is 4.92. The summed E-state index contributed by atoms with van der Waals surface area (Å²) in [4.78, 5) is 123. The zero-order valence-electron chi connectivity index (χ0n) is 82.0. The van der Waals surface area contributed by atoms with E-state index in [1.165, 1.54) is 23.1 Å². The van der Waals surface area contributed by atoms with Gasteiger partial charge in [0, 0.05) is 97.2 Å². The number of urea groups is 1. The second-order valence-electron chi connectivity index (χ2n) is 31.1. The number of ketones is 4. The number of nitrogens with zero attached hydrogens (tertiary/aromatic N) is 3. The van der Waals surface area contributed by atoms with Gasteiger partial charge in [-0.2, -0.15) is 0 Å². The summed E-state index contributed by atoms with van der Waals surface area (Å²) in [6.07, 6.45) is 12.2. The molecule has 0 saturated carbocycles. The van der Waals surface area contributed by atoms with Gasteiger partial charge in [-0.05, 0) is 129 Å². The SMILES string of the molecule is C=C(C)C(=O)CCCN1CCNC1=O.C=C(C)C(=O)OCCOC.C=CC(=O)CC(C)(C)C.C=CC(=O)CC(C)(C)CC(C)=O.C=CC(=O)N(C)C.C=CC(=O)OC(C)COC(C)COC(C)COC(C)COC(C)COC(C)COC(C)CO.C=CC(=O)OCCOCCOCCOCCOCCOCCOCCOCCOCCO.C=CC(N)=O.C=CN1CCCC1=O. The standard InChI is InChI=1S/C24H46O9.C21H40O11.C10H16N2O2.C10H16O2.C8H14O.C7H12O3.C6H9NO.C5H9NO.C3H5NO/c1-9-24(26)33-23(8)16-32-22(7)15-31-21(6)14-30-20(5)13-29-19(4)12-28-18(3)11-27-17(2)10-25;1-2-21(23)32-20-19-31-18-17-30-16-15-29-14-13-28-12-11-27-10-9-26-8-7-25-6-5-24-4-3-22;1-8(2)9(13)4-3-6-12-7-5-11-10(12)14;1-5-9(12)7-10(3,4)6-8(2)11;1-5-7(9)6-8(2,3)4;1-6(2)7(8)10-5-4-9-3;1-2-7-5-3-4-6(7)8;1-4-5(7)6(2)3;1-2-3(4)5/h9,17-23,25H,1,10-16H2,2-8H3;2,22H,1,3-20H2;1,3-7H2,2H3,(H,11,14);5H,1,6-7H2,2-4H3;5H,1,6H2,2-4H3;1,4-5H2,2-3H3;2H,1,3-5H2;4H,1H2,2-3H3;2H,1H2,(H2,4,5). The Hall–Kier alpha value is -8.25. The van der Waals surface area contributed by atoms with Gasteiger partial charge in [0.15, 0.2) is 17.3 Å². The summed E-state index contributed by atoms with van der Waals surface area (Å²) in [6.45, 7) is 72.2. The minimum absolute atomic E-state index is 0.00116. The number of nitrogens with one attached hydrogen (secondary N) is 1. The number of hydrogen-bond acceptors (Lipinski definition) is 31. The van der Waals surface area contributed by atoms with E-state index in [0.717, 1.165) is 44.2 Å². The predicted octanol–water partition coefficient (Wildman–Crippen LogP) is 9.04. The number of methoxy groups -OCH3 is 1. The summed E-state index contributed by atoms with van der Waals surface area (Å²) in [5.74, 6) is -1.28. The Morgan fingerprint density at radius 2 is 0.862 bits per heavy atom. The minimum Gasteiger partial charge on any atom is -0.460 e. The smallest absolute Gasteiger partial charge is 0.333 e. The molecule has 36 nitrogen and oxygen atoms in total. The first-order chi connectivity index (χ1) is 61.3. The average Bonchev–Trinajstić information content (AvgIpc) is 1.80. The highest BCUT2D eigenvalue weighted by Crippen LogP contribution is 2.26. The molecule has 0 bridgehead atoms. The van der Waals surface area contributed by atoms with E-state index in [9.17, 15) is 52.7 Å². The molecular weight excluding hydrogens is 1700 g/mol. The molecule has 7 atom stereocenters. The molecule has 2 aliphatic heterocycles. The van der Waals surface area contributed by atoms with E-state index < -0.39 is 17.8 Å². The van der Waals surface area contributed by atoms with Crippen molar-refractivity contribution in [3.8, 4) is 0 Å². The number of likely N-dealkylation sites (N-methyl/N-ethyl adjacent to an activating group) is 1. The first-order valence-corrected chi connectivity index (χ1v) is 43.5. The van der Waals surface area contributed by atoms with Gasteiger partial charge in [-0.1, -0.05) is 93.8 Å². The van der Waals surface area contributed by atoms with Crippen LogP contribution in [-0.2, 0) is 133 Å². The van der Waals surface area contributed by atoms with Crippen LogP contribution in [0.1, 0.15) is 149 Å². The Bertz CT molecular complexity index is 3070. The fraction of sp³-hybridized carbons (Fsp3) is 0.691. The second-order valence-corrected chi connectivity index (χ2v) is 31.1. The molecule has 2 aliphatic rings. The maximum absolute atomic E-state index is 11.2. The molecule has 5 amide bonds. The van der Waals surface area contributed by atoms with Crippen LogP contribution in [-0.4, -0.2) is 358 Å². The number of rotatable bonds is 67. The molecule has 130 heavy (non-hydrogen) atoms. The highest BCUT2D eigenvalue weighted by Gasteiger charge is 2.24. The number of carbonyl (C=O) groups excluding carboxylic acids is 11. The lowest BCUT2D eigenvalue weighted by Crippen LogP contribution is -2.30. The number of Topliss-reactive ketones (excluding diaryl/α,β-unsaturated/α-hetero) is 2. The van der Waals surface area contributed by atoms with Gasteiger partial charge < -0.3 is 126 Å². The molecule has 754 valence electrons. The van der Waals surface area contributed by atoms with Crippen molar-refractivity contribution in [2.75, 3.05) is 226 Å². The molecule has 0 spiro atoms. The zero-order valence-corrected chi connectivity index (χ0v) is 82.0. The molecule has 0 aromatic carbocycles. The fourth-order valence-corrected chi connectivity index (χ4v) is 8.97. The number of aliphatic hydroxyl groups is 2. The molecule has 0 aromatic rings. The Labute approximate surface area is 776 Å². The summed E-state index contributed by atoms with van der Waals surface area (Å²) in [5.41, 5.74) is 5.42. The largest absolute Gasteiger partial charge is 0.460 e. The quantitative estimate of drug-likeness (QED) is 0.0191. The highest BCUT2D eigenvalue weighted by atomic mass is 16.6. The maximum Gasteiger partial charge on any atom is 0.333 e. The lowest BCUT2D eigenvalue weighted by Gasteiger charge is -2.22. The number of hydrogen-bond donors (Lipinski definition) is 4. The molecular formula is C94H167N5O31. The Morgan fingerprint density at radius 1 is 0.485 bits per heavy atom. The lowest BCUT2D eigenvalue weighted by atomic mass is 9.83. The van der Waals surface area contributed by atoms with Crippen LogP contribution >= 0.6 is 0 Å². The monoisotopic (exact) mass is 1860 g/mol. The van der Waals surface area contributed by atoms with Crippen LogP contribution in [0.25, 0.3) is 0 Å². The van der Waals surface area contributed by atoms with Crippen molar-refractivity contribution in [3.63, 3.8) is 0 Å². The van der Waals surface area contributed by atoms with E-state index in [1.54, 1.807) is 64.9 Å². The van der Waals surface area contributed by atoms with Crippen LogP contribution in [0, 0.1) is 10.8 Å². The van der Waals surface area contributed by atoms with E-state index in [-0.39, 0.29) is 120 Å². The number of allylic oxidation sites excluding steroid dienone is 3. The number of amides is 5. The number of esters is 3. The molecule has 2 fully saturated rings. The minimum atomic E-state index is -0.481. The van der Waals surface area contributed by atoms with Crippen LogP contribution in [0.4, 0.5) is 4.79 Å². The van der Waals surface area contributed by atoms with Gasteiger partial charge in [0.05, 0.1) is 202 Å². The third-order valence-electron chi connectivity index (χ3n) is 15.7. The zero-order chi connectivity index (χ0) is 101. The third-order valence-corrected chi connectivity index (χ3v) is 15.7. The molecule has 2 heterocycles. The number of aliphatic hydroxyl groups excluding tert-OH is 2. The molecule has 2 saturated heterocycles. The summed E-state index contributed by atoms with van der Waals surface area (Å²) in [6, 6.07) is -0.0206. The lowest BCUT2D eigenvalue weighted by molar-refractivity contribution is -0.147. The first kappa shape index (κ1) is 135. The first-order valence-electron chi connectivity index (χ1n) is 43.5. The Balaban J connectivity index is -0.000000282. The van der Waals surface area contributed by atoms with Gasteiger partial charge in [-0.15, -0.1) is 0 Å².